The van der Waals surface area contributed by atoms with Crippen LogP contribution in [0.3, 0.4) is 0 Å². The molecule has 0 unspecified atom stereocenters. The van der Waals surface area contributed by atoms with Crippen molar-refractivity contribution in [2.45, 2.75) is 13.8 Å². The first kappa shape index (κ1) is 17.7. The third-order valence-corrected chi connectivity index (χ3v) is 4.15. The summed E-state index contributed by atoms with van der Waals surface area (Å²) in [4.78, 5) is 19.9. The number of benzene rings is 1. The molecule has 2 aromatic heterocycles. The van der Waals surface area contributed by atoms with E-state index in [4.69, 9.17) is 20.2 Å². The molecule has 0 aliphatic rings. The van der Waals surface area contributed by atoms with Crippen molar-refractivity contribution in [3.63, 3.8) is 0 Å². The first-order chi connectivity index (χ1) is 12.6. The number of hydrogen-bond acceptors (Lipinski definition) is 8. The van der Waals surface area contributed by atoms with E-state index in [1.807, 2.05) is 18.2 Å². The number of hydrogen-bond donors (Lipinski definition) is 1. The van der Waals surface area contributed by atoms with E-state index in [2.05, 4.69) is 33.7 Å². The molecule has 26 heavy (non-hydrogen) atoms. The molecular weight excluding hydrogens is 332 g/mol. The van der Waals surface area contributed by atoms with E-state index in [1.54, 1.807) is 20.4 Å². The van der Waals surface area contributed by atoms with Crippen LogP contribution >= 0.6 is 0 Å². The van der Waals surface area contributed by atoms with Crippen LogP contribution in [0.4, 0.5) is 11.8 Å². The van der Waals surface area contributed by atoms with Gasteiger partial charge in [0.05, 0.1) is 26.1 Å². The summed E-state index contributed by atoms with van der Waals surface area (Å²) in [5.41, 5.74) is 8.40. The normalized spacial score (nSPS) is 10.8. The molecule has 3 aromatic rings. The maximum absolute atomic E-state index is 5.85. The van der Waals surface area contributed by atoms with Crippen LogP contribution in [-0.2, 0) is 0 Å². The number of methoxy groups -OCH3 is 2. The Morgan fingerprint density at radius 1 is 1.04 bits per heavy atom. The summed E-state index contributed by atoms with van der Waals surface area (Å²) in [5.74, 6) is 2.22. The van der Waals surface area contributed by atoms with E-state index >= 15 is 0 Å². The average molecular weight is 354 g/mol. The lowest BCUT2D eigenvalue weighted by Gasteiger charge is -2.21. The topological polar surface area (TPSA) is 99.3 Å². The molecule has 136 valence electrons. The second-order valence-corrected chi connectivity index (χ2v) is 5.57. The van der Waals surface area contributed by atoms with Crippen LogP contribution in [0.5, 0.6) is 11.5 Å². The lowest BCUT2D eigenvalue weighted by Crippen LogP contribution is -2.24. The van der Waals surface area contributed by atoms with Crippen LogP contribution in [0.1, 0.15) is 13.8 Å². The lowest BCUT2D eigenvalue weighted by atomic mass is 10.1. The summed E-state index contributed by atoms with van der Waals surface area (Å²) < 4.78 is 10.7. The highest BCUT2D eigenvalue weighted by Crippen LogP contribution is 2.33. The van der Waals surface area contributed by atoms with Crippen molar-refractivity contribution < 1.29 is 9.47 Å². The molecule has 0 bridgehead atoms. The number of nitrogens with two attached hydrogens (primary N) is 1. The van der Waals surface area contributed by atoms with Gasteiger partial charge in [-0.25, -0.2) is 9.97 Å². The summed E-state index contributed by atoms with van der Waals surface area (Å²) in [7, 11) is 3.22. The Balaban J connectivity index is 2.20. The lowest BCUT2D eigenvalue weighted by molar-refractivity contribution is 0.395. The summed E-state index contributed by atoms with van der Waals surface area (Å²) in [6.07, 6.45) is 1.66. The molecule has 8 nitrogen and oxygen atoms in total. The van der Waals surface area contributed by atoms with Crippen molar-refractivity contribution in [3.05, 3.63) is 24.4 Å². The fourth-order valence-electron chi connectivity index (χ4n) is 2.79. The largest absolute Gasteiger partial charge is 0.497 e. The Labute approximate surface area is 152 Å². The fraction of sp³-hybridized carbons (Fsp3) is 0.333. The van der Waals surface area contributed by atoms with Gasteiger partial charge in [0.15, 0.2) is 17.0 Å². The summed E-state index contributed by atoms with van der Waals surface area (Å²) in [5, 5.41) is 0. The molecule has 0 fully saturated rings. The van der Waals surface area contributed by atoms with Gasteiger partial charge < -0.3 is 20.1 Å². The molecular formula is C18H22N6O2. The standard InChI is InChI=1S/C18H22N6O2/c1-5-24(6-2)17-15-16(22-18(19)23-17)20-10-13(21-15)12-8-7-11(25-3)9-14(12)26-4/h7-10H,5-6H2,1-4H3,(H2,19,20,22,23). The zero-order valence-electron chi connectivity index (χ0n) is 15.4. The maximum Gasteiger partial charge on any atom is 0.224 e. The minimum Gasteiger partial charge on any atom is -0.497 e. The number of anilines is 2. The van der Waals surface area contributed by atoms with Crippen LogP contribution in [-0.4, -0.2) is 47.2 Å². The van der Waals surface area contributed by atoms with Crippen molar-refractivity contribution >= 4 is 22.9 Å². The van der Waals surface area contributed by atoms with Gasteiger partial charge >= 0.3 is 0 Å². The van der Waals surface area contributed by atoms with Crippen molar-refractivity contribution in [2.24, 2.45) is 0 Å². The van der Waals surface area contributed by atoms with E-state index in [1.165, 1.54) is 0 Å². The number of aromatic nitrogens is 4. The van der Waals surface area contributed by atoms with Crippen molar-refractivity contribution in [2.75, 3.05) is 37.9 Å². The predicted molar refractivity (Wildman–Crippen MR) is 102 cm³/mol. The maximum atomic E-state index is 5.85. The zero-order valence-corrected chi connectivity index (χ0v) is 15.4. The molecule has 1 aromatic carbocycles. The highest BCUT2D eigenvalue weighted by atomic mass is 16.5. The first-order valence-corrected chi connectivity index (χ1v) is 8.38. The third kappa shape index (κ3) is 3.17. The van der Waals surface area contributed by atoms with Crippen molar-refractivity contribution in [1.82, 2.24) is 19.9 Å². The van der Waals surface area contributed by atoms with Crippen molar-refractivity contribution in [1.29, 1.82) is 0 Å². The number of rotatable bonds is 6. The van der Waals surface area contributed by atoms with Crippen LogP contribution in [0.2, 0.25) is 0 Å². The monoisotopic (exact) mass is 354 g/mol. The van der Waals surface area contributed by atoms with Crippen LogP contribution in [0.15, 0.2) is 24.4 Å². The van der Waals surface area contributed by atoms with E-state index < -0.39 is 0 Å². The minimum atomic E-state index is 0.184. The summed E-state index contributed by atoms with van der Waals surface area (Å²) in [6, 6.07) is 5.56. The van der Waals surface area contributed by atoms with E-state index in [0.29, 0.717) is 34.2 Å². The van der Waals surface area contributed by atoms with Gasteiger partial charge in [0, 0.05) is 24.7 Å². The number of nitrogens with zero attached hydrogens (tertiary/aromatic N) is 5. The van der Waals surface area contributed by atoms with Gasteiger partial charge in [0.25, 0.3) is 0 Å². The molecule has 2 heterocycles. The van der Waals surface area contributed by atoms with E-state index in [-0.39, 0.29) is 5.95 Å². The van der Waals surface area contributed by atoms with E-state index in [9.17, 15) is 0 Å². The van der Waals surface area contributed by atoms with Gasteiger partial charge in [-0.05, 0) is 26.0 Å². The second-order valence-electron chi connectivity index (χ2n) is 5.57. The molecule has 3 rings (SSSR count). The predicted octanol–water partition coefficient (Wildman–Crippen LogP) is 2.53. The molecule has 0 aliphatic carbocycles. The smallest absolute Gasteiger partial charge is 0.224 e. The fourth-order valence-corrected chi connectivity index (χ4v) is 2.79. The second kappa shape index (κ2) is 7.38. The summed E-state index contributed by atoms with van der Waals surface area (Å²) in [6.45, 7) is 5.66. The third-order valence-electron chi connectivity index (χ3n) is 4.15. The highest BCUT2D eigenvalue weighted by Gasteiger charge is 2.16. The Bertz CT molecular complexity index is 927. The van der Waals surface area contributed by atoms with Gasteiger partial charge in [0.2, 0.25) is 5.95 Å². The van der Waals surface area contributed by atoms with Crippen LogP contribution < -0.4 is 20.1 Å². The SMILES string of the molecule is CCN(CC)c1nc(N)nc2ncc(-c3ccc(OC)cc3OC)nc12. The molecule has 0 spiro atoms. The minimum absolute atomic E-state index is 0.184. The van der Waals surface area contributed by atoms with Crippen LogP contribution in [0, 0.1) is 0 Å². The Hall–Kier alpha value is -3.16. The van der Waals surface area contributed by atoms with Gasteiger partial charge in [-0.2, -0.15) is 9.97 Å². The zero-order chi connectivity index (χ0) is 18.7. The Kier molecular flexibility index (Phi) is 5.01. The number of nitrogen functional groups attached to an aromatic ring is 1. The molecule has 2 N–H and O–H groups in total. The number of ether oxygens (including phenoxy) is 2. The Morgan fingerprint density at radius 3 is 2.46 bits per heavy atom. The molecule has 0 atom stereocenters. The molecule has 0 saturated carbocycles. The molecule has 0 amide bonds. The summed E-state index contributed by atoms with van der Waals surface area (Å²) >= 11 is 0. The number of fused-ring (bicyclic) bond motifs is 1. The van der Waals surface area contributed by atoms with Crippen LogP contribution in [0.25, 0.3) is 22.4 Å². The molecule has 8 heteroatoms. The molecule has 0 saturated heterocycles. The Morgan fingerprint density at radius 2 is 1.81 bits per heavy atom. The van der Waals surface area contributed by atoms with Crippen molar-refractivity contribution in [3.8, 4) is 22.8 Å². The molecule has 0 radical (unpaired) electrons. The quantitative estimate of drug-likeness (QED) is 0.721. The van der Waals surface area contributed by atoms with Gasteiger partial charge in [-0.15, -0.1) is 0 Å². The van der Waals surface area contributed by atoms with Gasteiger partial charge in [0.1, 0.15) is 11.5 Å². The highest BCUT2D eigenvalue weighted by molar-refractivity contribution is 5.86. The van der Waals surface area contributed by atoms with Gasteiger partial charge in [-0.1, -0.05) is 0 Å². The first-order valence-electron chi connectivity index (χ1n) is 8.38. The van der Waals surface area contributed by atoms with E-state index in [0.717, 1.165) is 18.7 Å². The average Bonchev–Trinajstić information content (AvgIpc) is 2.68. The molecule has 0 aliphatic heterocycles. The van der Waals surface area contributed by atoms with Gasteiger partial charge in [-0.3, -0.25) is 0 Å².